The molecule has 0 bridgehead atoms. The molecule has 0 aromatic carbocycles. The summed E-state index contributed by atoms with van der Waals surface area (Å²) >= 11 is 0. The third-order valence-electron chi connectivity index (χ3n) is 2.39. The quantitative estimate of drug-likeness (QED) is 0.286. The van der Waals surface area contributed by atoms with Crippen LogP contribution in [0.5, 0.6) is 0 Å². The van der Waals surface area contributed by atoms with Crippen LogP contribution in [0.4, 0.5) is 4.79 Å². The van der Waals surface area contributed by atoms with E-state index >= 15 is 0 Å². The smallest absolute Gasteiger partial charge is 0.427 e. The number of unbranched alkanes of at least 4 members (excludes halogenated alkanes) is 1. The minimum absolute atomic E-state index is 0.416. The van der Waals surface area contributed by atoms with Crippen molar-refractivity contribution in [2.45, 2.75) is 65.9 Å². The third kappa shape index (κ3) is 10.4. The van der Waals surface area contributed by atoms with E-state index < -0.39 is 11.8 Å². The summed E-state index contributed by atoms with van der Waals surface area (Å²) < 4.78 is 4.87. The highest BCUT2D eigenvalue weighted by atomic mass is 17.5. The highest BCUT2D eigenvalue weighted by Gasteiger charge is 2.18. The van der Waals surface area contributed by atoms with Crippen molar-refractivity contribution in [1.82, 2.24) is 0 Å². The average Bonchev–Trinajstić information content (AvgIpc) is 2.26. The van der Waals surface area contributed by atoms with Crippen molar-refractivity contribution in [2.75, 3.05) is 6.61 Å². The second kappa shape index (κ2) is 9.16. The maximum atomic E-state index is 11.1. The van der Waals surface area contributed by atoms with Gasteiger partial charge in [0.15, 0.2) is 0 Å². The summed E-state index contributed by atoms with van der Waals surface area (Å²) in [6.07, 6.45) is 3.52. The van der Waals surface area contributed by atoms with Gasteiger partial charge in [0, 0.05) is 0 Å². The Morgan fingerprint density at radius 1 is 1.22 bits per heavy atom. The van der Waals surface area contributed by atoms with Gasteiger partial charge < -0.3 is 4.74 Å². The lowest BCUT2D eigenvalue weighted by molar-refractivity contribution is -0.490. The van der Waals surface area contributed by atoms with Crippen molar-refractivity contribution >= 4 is 6.16 Å². The van der Waals surface area contributed by atoms with Gasteiger partial charge in [-0.15, -0.1) is 0 Å². The summed E-state index contributed by atoms with van der Waals surface area (Å²) in [5, 5.41) is 4.38. The first-order valence-electron chi connectivity index (χ1n) is 6.58. The van der Waals surface area contributed by atoms with E-state index in [0.717, 1.165) is 25.7 Å². The van der Waals surface area contributed by atoms with Crippen LogP contribution in [-0.4, -0.2) is 18.4 Å². The van der Waals surface area contributed by atoms with Crippen molar-refractivity contribution < 1.29 is 24.3 Å². The van der Waals surface area contributed by atoms with Crippen molar-refractivity contribution in [2.24, 2.45) is 5.92 Å². The molecule has 0 aliphatic heterocycles. The zero-order valence-electron chi connectivity index (χ0n) is 12.2. The molecule has 0 aromatic heterocycles. The Bertz CT molecular complexity index is 222. The van der Waals surface area contributed by atoms with Crippen molar-refractivity contribution in [3.63, 3.8) is 0 Å². The summed E-state index contributed by atoms with van der Waals surface area (Å²) in [4.78, 5) is 20.3. The molecule has 0 saturated carbocycles. The van der Waals surface area contributed by atoms with Crippen LogP contribution in [0.15, 0.2) is 0 Å². The van der Waals surface area contributed by atoms with E-state index in [1.807, 2.05) is 0 Å². The van der Waals surface area contributed by atoms with Gasteiger partial charge in [-0.1, -0.05) is 33.1 Å². The maximum absolute atomic E-state index is 11.1. The third-order valence-corrected chi connectivity index (χ3v) is 2.39. The standard InChI is InChI=1S/C13H26O5/c1-6-8-9-11(7-2)10-15-18-17-12(14)16-13(3,4)5/h11H,6-10H2,1-5H3. The second-order valence-corrected chi connectivity index (χ2v) is 5.32. The van der Waals surface area contributed by atoms with Crippen molar-refractivity contribution in [3.8, 4) is 0 Å². The molecule has 0 rings (SSSR count). The van der Waals surface area contributed by atoms with Gasteiger partial charge >= 0.3 is 6.16 Å². The van der Waals surface area contributed by atoms with Crippen LogP contribution in [0.25, 0.3) is 0 Å². The van der Waals surface area contributed by atoms with Crippen LogP contribution in [0, 0.1) is 5.92 Å². The lowest BCUT2D eigenvalue weighted by Crippen LogP contribution is -2.24. The average molecular weight is 262 g/mol. The van der Waals surface area contributed by atoms with E-state index in [2.05, 4.69) is 23.8 Å². The predicted molar refractivity (Wildman–Crippen MR) is 67.7 cm³/mol. The normalized spacial score (nSPS) is 13.2. The number of hydrogen-bond acceptors (Lipinski definition) is 5. The molecule has 1 atom stereocenters. The molecular weight excluding hydrogens is 236 g/mol. The number of carbonyl (C=O) groups excluding carboxylic acids is 1. The predicted octanol–water partition coefficient (Wildman–Crippen LogP) is 4.02. The molecule has 0 radical (unpaired) electrons. The van der Waals surface area contributed by atoms with Gasteiger partial charge in [-0.2, -0.15) is 4.89 Å². The molecule has 0 N–H and O–H groups in total. The van der Waals surface area contributed by atoms with Crippen LogP contribution < -0.4 is 0 Å². The van der Waals surface area contributed by atoms with Gasteiger partial charge in [0.2, 0.25) is 0 Å². The lowest BCUT2D eigenvalue weighted by atomic mass is 10.0. The molecule has 0 heterocycles. The molecule has 5 nitrogen and oxygen atoms in total. The number of rotatable bonds is 8. The Morgan fingerprint density at radius 3 is 2.39 bits per heavy atom. The first-order chi connectivity index (χ1) is 8.39. The summed E-state index contributed by atoms with van der Waals surface area (Å²) in [7, 11) is 0. The largest absolute Gasteiger partial charge is 0.543 e. The van der Waals surface area contributed by atoms with Gasteiger partial charge in [0.05, 0.1) is 6.61 Å². The van der Waals surface area contributed by atoms with Gasteiger partial charge in [0.1, 0.15) is 5.60 Å². The minimum atomic E-state index is -0.899. The fraction of sp³-hybridized carbons (Fsp3) is 0.923. The van der Waals surface area contributed by atoms with Crippen molar-refractivity contribution in [3.05, 3.63) is 0 Å². The summed E-state index contributed by atoms with van der Waals surface area (Å²) in [5.41, 5.74) is -0.604. The number of hydrogen-bond donors (Lipinski definition) is 0. The minimum Gasteiger partial charge on any atom is -0.427 e. The maximum Gasteiger partial charge on any atom is 0.543 e. The lowest BCUT2D eigenvalue weighted by Gasteiger charge is -2.18. The van der Waals surface area contributed by atoms with E-state index in [1.54, 1.807) is 20.8 Å². The molecule has 0 saturated heterocycles. The van der Waals surface area contributed by atoms with Crippen LogP contribution in [0.3, 0.4) is 0 Å². The highest BCUT2D eigenvalue weighted by Crippen LogP contribution is 2.13. The number of carbonyl (C=O) groups is 1. The Balaban J connectivity index is 3.62. The Morgan fingerprint density at radius 2 is 1.89 bits per heavy atom. The molecule has 0 amide bonds. The molecule has 18 heavy (non-hydrogen) atoms. The molecule has 0 spiro atoms. The molecule has 0 aliphatic rings. The monoisotopic (exact) mass is 262 g/mol. The zero-order chi connectivity index (χ0) is 14.0. The van der Waals surface area contributed by atoms with Gasteiger partial charge in [-0.05, 0) is 38.1 Å². The zero-order valence-corrected chi connectivity index (χ0v) is 12.2. The van der Waals surface area contributed by atoms with Crippen LogP contribution >= 0.6 is 0 Å². The van der Waals surface area contributed by atoms with Crippen molar-refractivity contribution in [1.29, 1.82) is 0 Å². The molecule has 1 unspecified atom stereocenters. The molecule has 108 valence electrons. The Labute approximate surface area is 110 Å². The molecule has 0 aromatic rings. The van der Waals surface area contributed by atoms with E-state index in [4.69, 9.17) is 9.62 Å². The van der Waals surface area contributed by atoms with E-state index in [-0.39, 0.29) is 0 Å². The summed E-state index contributed by atoms with van der Waals surface area (Å²) in [6.45, 7) is 9.89. The topological polar surface area (TPSA) is 54.0 Å². The summed E-state index contributed by atoms with van der Waals surface area (Å²) in [5.74, 6) is 0.423. The van der Waals surface area contributed by atoms with Crippen LogP contribution in [0.1, 0.15) is 60.3 Å². The van der Waals surface area contributed by atoms with Crippen LogP contribution in [-0.2, 0) is 19.6 Å². The van der Waals surface area contributed by atoms with Gasteiger partial charge in [-0.25, -0.2) is 9.68 Å². The molecular formula is C13H26O5. The van der Waals surface area contributed by atoms with E-state index in [9.17, 15) is 4.79 Å². The molecule has 0 fully saturated rings. The fourth-order valence-corrected chi connectivity index (χ4v) is 1.34. The van der Waals surface area contributed by atoms with E-state index in [1.165, 1.54) is 0 Å². The number of ether oxygens (including phenoxy) is 1. The van der Waals surface area contributed by atoms with E-state index in [0.29, 0.717) is 12.5 Å². The second-order valence-electron chi connectivity index (χ2n) is 5.32. The Kier molecular flexibility index (Phi) is 8.75. The Hall–Kier alpha value is -0.810. The first-order valence-corrected chi connectivity index (χ1v) is 6.58. The molecule has 0 aliphatic carbocycles. The highest BCUT2D eigenvalue weighted by molar-refractivity contribution is 5.59. The first kappa shape index (κ1) is 17.2. The SMILES string of the molecule is CCCCC(CC)COOOC(=O)OC(C)(C)C. The van der Waals surface area contributed by atoms with Gasteiger partial charge in [-0.3, -0.25) is 0 Å². The summed E-state index contributed by atoms with van der Waals surface area (Å²) in [6, 6.07) is 0. The van der Waals surface area contributed by atoms with Gasteiger partial charge in [0.25, 0.3) is 0 Å². The fourth-order valence-electron chi connectivity index (χ4n) is 1.34. The van der Waals surface area contributed by atoms with Crippen LogP contribution in [0.2, 0.25) is 0 Å². The molecule has 5 heteroatoms.